The Morgan fingerprint density at radius 2 is 2.29 bits per heavy atom. The summed E-state index contributed by atoms with van der Waals surface area (Å²) in [4.78, 5) is 11.4. The predicted molar refractivity (Wildman–Crippen MR) is 51.2 cm³/mol. The highest BCUT2D eigenvalue weighted by Gasteiger charge is 2.17. The van der Waals surface area contributed by atoms with E-state index < -0.39 is 0 Å². The average Bonchev–Trinajstić information content (AvgIpc) is 2.87. The third kappa shape index (κ3) is 2.23. The maximum absolute atomic E-state index is 11.4. The van der Waals surface area contributed by atoms with Gasteiger partial charge in [-0.05, 0) is 25.0 Å². The molecule has 1 saturated carbocycles. The van der Waals surface area contributed by atoms with Gasteiger partial charge >= 0.3 is 0 Å². The SMILES string of the molecule is O=C(COC1CCCC1)c1ccco1. The van der Waals surface area contributed by atoms with Crippen LogP contribution in [0.4, 0.5) is 0 Å². The molecule has 1 aliphatic rings. The van der Waals surface area contributed by atoms with E-state index in [4.69, 9.17) is 9.15 Å². The number of furan rings is 1. The summed E-state index contributed by atoms with van der Waals surface area (Å²) in [6, 6.07) is 3.38. The standard InChI is InChI=1S/C11H14O3/c12-10(11-6-3-7-13-11)8-14-9-4-1-2-5-9/h3,6-7,9H,1-2,4-5,8H2. The minimum atomic E-state index is -0.0677. The van der Waals surface area contributed by atoms with Gasteiger partial charge in [-0.25, -0.2) is 0 Å². The maximum atomic E-state index is 11.4. The van der Waals surface area contributed by atoms with Crippen LogP contribution in [0.25, 0.3) is 0 Å². The fourth-order valence-electron chi connectivity index (χ4n) is 1.76. The zero-order chi connectivity index (χ0) is 9.80. The topological polar surface area (TPSA) is 39.4 Å². The normalized spacial score (nSPS) is 17.4. The molecule has 0 aliphatic heterocycles. The van der Waals surface area contributed by atoms with Crippen LogP contribution in [-0.4, -0.2) is 18.5 Å². The molecule has 0 unspecified atom stereocenters. The van der Waals surface area contributed by atoms with Gasteiger partial charge in [-0.1, -0.05) is 12.8 Å². The molecule has 0 atom stereocenters. The average molecular weight is 194 g/mol. The van der Waals surface area contributed by atoms with Crippen LogP contribution in [0.15, 0.2) is 22.8 Å². The highest BCUT2D eigenvalue weighted by Crippen LogP contribution is 2.20. The number of carbonyl (C=O) groups excluding carboxylic acids is 1. The van der Waals surface area contributed by atoms with Crippen molar-refractivity contribution < 1.29 is 13.9 Å². The Labute approximate surface area is 83.0 Å². The Morgan fingerprint density at radius 1 is 1.50 bits per heavy atom. The Morgan fingerprint density at radius 3 is 2.93 bits per heavy atom. The molecule has 3 heteroatoms. The molecule has 1 aliphatic carbocycles. The van der Waals surface area contributed by atoms with Crippen LogP contribution in [-0.2, 0) is 4.74 Å². The molecule has 1 heterocycles. The predicted octanol–water partition coefficient (Wildman–Crippen LogP) is 2.42. The third-order valence-corrected chi connectivity index (χ3v) is 2.55. The van der Waals surface area contributed by atoms with Crippen LogP contribution in [0.2, 0.25) is 0 Å². The first-order valence-corrected chi connectivity index (χ1v) is 5.04. The summed E-state index contributed by atoms with van der Waals surface area (Å²) in [7, 11) is 0. The van der Waals surface area contributed by atoms with Crippen molar-refractivity contribution in [3.8, 4) is 0 Å². The van der Waals surface area contributed by atoms with Gasteiger partial charge in [0.1, 0.15) is 6.61 Å². The lowest BCUT2D eigenvalue weighted by Gasteiger charge is -2.08. The van der Waals surface area contributed by atoms with Crippen molar-refractivity contribution in [1.29, 1.82) is 0 Å². The van der Waals surface area contributed by atoms with Crippen LogP contribution in [0.1, 0.15) is 36.2 Å². The number of carbonyl (C=O) groups is 1. The second-order valence-electron chi connectivity index (χ2n) is 3.62. The van der Waals surface area contributed by atoms with Crippen molar-refractivity contribution in [2.24, 2.45) is 0 Å². The quantitative estimate of drug-likeness (QED) is 0.691. The van der Waals surface area contributed by atoms with E-state index in [9.17, 15) is 4.79 Å². The lowest BCUT2D eigenvalue weighted by Crippen LogP contribution is -2.15. The molecule has 0 aromatic carbocycles. The number of ketones is 1. The highest BCUT2D eigenvalue weighted by atomic mass is 16.5. The summed E-state index contributed by atoms with van der Waals surface area (Å²) < 4.78 is 10.5. The van der Waals surface area contributed by atoms with Crippen LogP contribution in [0.5, 0.6) is 0 Å². The minimum absolute atomic E-state index is 0.0677. The Kier molecular flexibility index (Phi) is 2.99. The summed E-state index contributed by atoms with van der Waals surface area (Å²) in [6.45, 7) is 0.151. The molecule has 1 aromatic heterocycles. The van der Waals surface area contributed by atoms with Crippen molar-refractivity contribution in [3.63, 3.8) is 0 Å². The molecule has 0 saturated heterocycles. The summed E-state index contributed by atoms with van der Waals surface area (Å²) >= 11 is 0. The molecular formula is C11H14O3. The summed E-state index contributed by atoms with van der Waals surface area (Å²) in [5.74, 6) is 0.324. The fourth-order valence-corrected chi connectivity index (χ4v) is 1.76. The number of hydrogen-bond acceptors (Lipinski definition) is 3. The van der Waals surface area contributed by atoms with E-state index in [2.05, 4.69) is 0 Å². The zero-order valence-corrected chi connectivity index (χ0v) is 8.07. The van der Waals surface area contributed by atoms with Gasteiger partial charge in [0.25, 0.3) is 0 Å². The highest BCUT2D eigenvalue weighted by molar-refractivity contribution is 5.94. The minimum Gasteiger partial charge on any atom is -0.461 e. The van der Waals surface area contributed by atoms with Crippen molar-refractivity contribution in [2.75, 3.05) is 6.61 Å². The molecule has 0 bridgehead atoms. The second kappa shape index (κ2) is 4.42. The zero-order valence-electron chi connectivity index (χ0n) is 8.07. The van der Waals surface area contributed by atoms with Crippen molar-refractivity contribution >= 4 is 5.78 Å². The number of hydrogen-bond donors (Lipinski definition) is 0. The van der Waals surface area contributed by atoms with Gasteiger partial charge in [-0.2, -0.15) is 0 Å². The molecule has 0 spiro atoms. The molecular weight excluding hydrogens is 180 g/mol. The van der Waals surface area contributed by atoms with E-state index in [1.54, 1.807) is 12.1 Å². The molecule has 76 valence electrons. The lowest BCUT2D eigenvalue weighted by molar-refractivity contribution is 0.0463. The summed E-state index contributed by atoms with van der Waals surface area (Å²) in [5, 5.41) is 0. The van der Waals surface area contributed by atoms with Gasteiger partial charge < -0.3 is 9.15 Å². The van der Waals surface area contributed by atoms with E-state index in [0.29, 0.717) is 5.76 Å². The number of ether oxygens (including phenoxy) is 1. The van der Waals surface area contributed by atoms with Gasteiger partial charge in [0.2, 0.25) is 5.78 Å². The fraction of sp³-hybridized carbons (Fsp3) is 0.545. The van der Waals surface area contributed by atoms with E-state index in [1.165, 1.54) is 19.1 Å². The van der Waals surface area contributed by atoms with Gasteiger partial charge in [0.15, 0.2) is 5.76 Å². The van der Waals surface area contributed by atoms with Crippen molar-refractivity contribution in [3.05, 3.63) is 24.2 Å². The number of Topliss-reactive ketones (excluding diaryl/α,β-unsaturated/α-hetero) is 1. The first-order chi connectivity index (χ1) is 6.86. The molecule has 14 heavy (non-hydrogen) atoms. The molecule has 1 aromatic rings. The third-order valence-electron chi connectivity index (χ3n) is 2.55. The Hall–Kier alpha value is -1.09. The van der Waals surface area contributed by atoms with E-state index in [-0.39, 0.29) is 18.5 Å². The second-order valence-corrected chi connectivity index (χ2v) is 3.62. The van der Waals surface area contributed by atoms with E-state index in [1.807, 2.05) is 0 Å². The first-order valence-electron chi connectivity index (χ1n) is 5.04. The van der Waals surface area contributed by atoms with Crippen molar-refractivity contribution in [1.82, 2.24) is 0 Å². The van der Waals surface area contributed by atoms with Gasteiger partial charge in [0.05, 0.1) is 12.4 Å². The Bertz CT molecular complexity index is 283. The Balaban J connectivity index is 1.78. The molecule has 1 fully saturated rings. The molecule has 3 nitrogen and oxygen atoms in total. The van der Waals surface area contributed by atoms with Crippen LogP contribution in [0, 0.1) is 0 Å². The van der Waals surface area contributed by atoms with Crippen LogP contribution in [0.3, 0.4) is 0 Å². The largest absolute Gasteiger partial charge is 0.461 e. The molecule has 2 rings (SSSR count). The van der Waals surface area contributed by atoms with Gasteiger partial charge in [0, 0.05) is 0 Å². The van der Waals surface area contributed by atoms with E-state index in [0.717, 1.165) is 12.8 Å². The van der Waals surface area contributed by atoms with Gasteiger partial charge in [-0.15, -0.1) is 0 Å². The van der Waals surface area contributed by atoms with E-state index >= 15 is 0 Å². The molecule has 0 radical (unpaired) electrons. The maximum Gasteiger partial charge on any atom is 0.223 e. The summed E-state index contributed by atoms with van der Waals surface area (Å²) in [5.41, 5.74) is 0. The first kappa shape index (κ1) is 9.46. The van der Waals surface area contributed by atoms with Crippen LogP contribution < -0.4 is 0 Å². The van der Waals surface area contributed by atoms with Crippen molar-refractivity contribution in [2.45, 2.75) is 31.8 Å². The van der Waals surface area contributed by atoms with Crippen LogP contribution >= 0.6 is 0 Å². The summed E-state index contributed by atoms with van der Waals surface area (Å²) in [6.07, 6.45) is 6.41. The lowest BCUT2D eigenvalue weighted by atomic mass is 10.3. The smallest absolute Gasteiger partial charge is 0.223 e. The molecule has 0 amide bonds. The monoisotopic (exact) mass is 194 g/mol. The number of rotatable bonds is 4. The van der Waals surface area contributed by atoms with Gasteiger partial charge in [-0.3, -0.25) is 4.79 Å². The molecule has 0 N–H and O–H groups in total.